The molecule has 1 atom stereocenters. The second-order valence-electron chi connectivity index (χ2n) is 4.58. The highest BCUT2D eigenvalue weighted by Gasteiger charge is 2.30. The van der Waals surface area contributed by atoms with E-state index in [1.165, 1.54) is 19.3 Å². The van der Waals surface area contributed by atoms with Crippen LogP contribution < -0.4 is 0 Å². The van der Waals surface area contributed by atoms with Crippen molar-refractivity contribution >= 4 is 11.8 Å². The Labute approximate surface area is 81.5 Å². The van der Waals surface area contributed by atoms with Gasteiger partial charge in [0.15, 0.2) is 0 Å². The van der Waals surface area contributed by atoms with Crippen molar-refractivity contribution in [2.24, 2.45) is 11.8 Å². The van der Waals surface area contributed by atoms with Crippen molar-refractivity contribution in [2.45, 2.75) is 57.5 Å². The van der Waals surface area contributed by atoms with Crippen molar-refractivity contribution in [3.8, 4) is 0 Å². The molecular formula is C11H22S. The van der Waals surface area contributed by atoms with Gasteiger partial charge in [0.2, 0.25) is 0 Å². The predicted molar refractivity (Wildman–Crippen MR) is 58.7 cm³/mol. The van der Waals surface area contributed by atoms with Crippen molar-refractivity contribution in [3.63, 3.8) is 0 Å². The number of hydrogen-bond donors (Lipinski definition) is 0. The number of hydrogen-bond acceptors (Lipinski definition) is 1. The molecule has 0 spiro atoms. The summed E-state index contributed by atoms with van der Waals surface area (Å²) in [6.07, 6.45) is 4.46. The first-order valence-electron chi connectivity index (χ1n) is 5.26. The number of thioether (sulfide) groups is 1. The van der Waals surface area contributed by atoms with Crippen LogP contribution in [0.25, 0.3) is 0 Å². The van der Waals surface area contributed by atoms with E-state index in [0.29, 0.717) is 0 Å². The SMILES string of the molecule is CC(C)S[C@H](C(C)C)C1CCC1. The highest BCUT2D eigenvalue weighted by atomic mass is 32.2. The molecule has 0 saturated heterocycles. The maximum absolute atomic E-state index is 2.37. The fourth-order valence-corrected chi connectivity index (χ4v) is 3.33. The van der Waals surface area contributed by atoms with Crippen molar-refractivity contribution in [1.29, 1.82) is 0 Å². The van der Waals surface area contributed by atoms with Gasteiger partial charge in [0.05, 0.1) is 0 Å². The van der Waals surface area contributed by atoms with E-state index >= 15 is 0 Å². The summed E-state index contributed by atoms with van der Waals surface area (Å²) >= 11 is 2.19. The van der Waals surface area contributed by atoms with Gasteiger partial charge in [-0.3, -0.25) is 0 Å². The molecule has 12 heavy (non-hydrogen) atoms. The Hall–Kier alpha value is 0.350. The molecule has 0 unspecified atom stereocenters. The third-order valence-corrected chi connectivity index (χ3v) is 4.49. The summed E-state index contributed by atoms with van der Waals surface area (Å²) in [5.74, 6) is 1.90. The Morgan fingerprint density at radius 1 is 1.08 bits per heavy atom. The zero-order chi connectivity index (χ0) is 9.14. The molecule has 72 valence electrons. The summed E-state index contributed by atoms with van der Waals surface area (Å²) in [5, 5.41) is 1.73. The Morgan fingerprint density at radius 3 is 1.92 bits per heavy atom. The van der Waals surface area contributed by atoms with Gasteiger partial charge < -0.3 is 0 Å². The fraction of sp³-hybridized carbons (Fsp3) is 1.00. The maximum atomic E-state index is 2.37. The lowest BCUT2D eigenvalue weighted by atomic mass is 9.79. The first-order valence-corrected chi connectivity index (χ1v) is 6.21. The molecule has 1 aliphatic carbocycles. The molecule has 1 aliphatic rings. The minimum atomic E-state index is 0.804. The van der Waals surface area contributed by atoms with Crippen LogP contribution >= 0.6 is 11.8 Å². The van der Waals surface area contributed by atoms with Crippen LogP contribution in [0.1, 0.15) is 47.0 Å². The van der Waals surface area contributed by atoms with E-state index in [2.05, 4.69) is 39.5 Å². The van der Waals surface area contributed by atoms with Gasteiger partial charge in [0.1, 0.15) is 0 Å². The zero-order valence-corrected chi connectivity index (χ0v) is 9.66. The molecule has 0 aromatic rings. The van der Waals surface area contributed by atoms with Crippen molar-refractivity contribution in [1.82, 2.24) is 0 Å². The Morgan fingerprint density at radius 2 is 1.67 bits per heavy atom. The summed E-state index contributed by atoms with van der Waals surface area (Å²) in [7, 11) is 0. The molecule has 0 heterocycles. The Balaban J connectivity index is 2.37. The van der Waals surface area contributed by atoms with Crippen LogP contribution in [-0.2, 0) is 0 Å². The first kappa shape index (κ1) is 10.4. The lowest BCUT2D eigenvalue weighted by Gasteiger charge is -2.36. The van der Waals surface area contributed by atoms with Crippen LogP contribution in [0.5, 0.6) is 0 Å². The van der Waals surface area contributed by atoms with Crippen LogP contribution in [0.2, 0.25) is 0 Å². The second kappa shape index (κ2) is 4.55. The molecule has 0 aromatic carbocycles. The molecule has 1 heteroatoms. The van der Waals surface area contributed by atoms with E-state index in [1.54, 1.807) is 0 Å². The van der Waals surface area contributed by atoms with Gasteiger partial charge in [0.25, 0.3) is 0 Å². The van der Waals surface area contributed by atoms with Crippen molar-refractivity contribution in [3.05, 3.63) is 0 Å². The molecule has 1 fully saturated rings. The molecule has 0 amide bonds. The smallest absolute Gasteiger partial charge is 0.0101 e. The van der Waals surface area contributed by atoms with Gasteiger partial charge in [-0.1, -0.05) is 34.1 Å². The lowest BCUT2D eigenvalue weighted by molar-refractivity contribution is 0.274. The topological polar surface area (TPSA) is 0 Å². The van der Waals surface area contributed by atoms with E-state index < -0.39 is 0 Å². The van der Waals surface area contributed by atoms with Crippen LogP contribution in [-0.4, -0.2) is 10.5 Å². The molecule has 0 bridgehead atoms. The summed E-state index contributed by atoms with van der Waals surface area (Å²) < 4.78 is 0. The highest BCUT2D eigenvalue weighted by molar-refractivity contribution is 8.00. The molecule has 0 radical (unpaired) electrons. The average molecular weight is 186 g/mol. The normalized spacial score (nSPS) is 21.5. The maximum Gasteiger partial charge on any atom is 0.0101 e. The Kier molecular flexibility index (Phi) is 3.95. The summed E-state index contributed by atoms with van der Waals surface area (Å²) in [5.41, 5.74) is 0. The first-order chi connectivity index (χ1) is 5.61. The van der Waals surface area contributed by atoms with Crippen LogP contribution in [0.4, 0.5) is 0 Å². The van der Waals surface area contributed by atoms with Gasteiger partial charge >= 0.3 is 0 Å². The quantitative estimate of drug-likeness (QED) is 0.640. The largest absolute Gasteiger partial charge is 0.155 e. The molecule has 1 saturated carbocycles. The molecule has 0 aliphatic heterocycles. The fourth-order valence-electron chi connectivity index (χ4n) is 1.90. The molecule has 0 N–H and O–H groups in total. The van der Waals surface area contributed by atoms with Gasteiger partial charge in [-0.05, 0) is 29.9 Å². The van der Waals surface area contributed by atoms with Crippen molar-refractivity contribution < 1.29 is 0 Å². The van der Waals surface area contributed by atoms with E-state index in [1.807, 2.05) is 0 Å². The minimum Gasteiger partial charge on any atom is -0.155 e. The minimum absolute atomic E-state index is 0.804. The lowest BCUT2D eigenvalue weighted by Crippen LogP contribution is -2.29. The third-order valence-electron chi connectivity index (χ3n) is 2.70. The van der Waals surface area contributed by atoms with Gasteiger partial charge in [0, 0.05) is 5.25 Å². The van der Waals surface area contributed by atoms with E-state index in [0.717, 1.165) is 22.3 Å². The van der Waals surface area contributed by atoms with Gasteiger partial charge in [-0.25, -0.2) is 0 Å². The van der Waals surface area contributed by atoms with E-state index in [-0.39, 0.29) is 0 Å². The molecule has 0 aromatic heterocycles. The molecule has 0 nitrogen and oxygen atoms in total. The van der Waals surface area contributed by atoms with Crippen LogP contribution in [0.15, 0.2) is 0 Å². The monoisotopic (exact) mass is 186 g/mol. The van der Waals surface area contributed by atoms with Crippen LogP contribution in [0, 0.1) is 11.8 Å². The standard InChI is InChI=1S/C11H22S/c1-8(2)11(12-9(3)4)10-6-5-7-10/h8-11H,5-7H2,1-4H3/t11-/m1/s1. The number of rotatable bonds is 4. The second-order valence-corrected chi connectivity index (χ2v) is 6.34. The van der Waals surface area contributed by atoms with E-state index in [9.17, 15) is 0 Å². The average Bonchev–Trinajstić information content (AvgIpc) is 1.80. The summed E-state index contributed by atoms with van der Waals surface area (Å²) in [4.78, 5) is 0. The summed E-state index contributed by atoms with van der Waals surface area (Å²) in [6.45, 7) is 9.38. The van der Waals surface area contributed by atoms with Gasteiger partial charge in [-0.15, -0.1) is 0 Å². The third kappa shape index (κ3) is 2.69. The van der Waals surface area contributed by atoms with E-state index in [4.69, 9.17) is 0 Å². The van der Waals surface area contributed by atoms with Crippen molar-refractivity contribution in [2.75, 3.05) is 0 Å². The zero-order valence-electron chi connectivity index (χ0n) is 8.84. The molecular weight excluding hydrogens is 164 g/mol. The molecule has 1 rings (SSSR count). The highest BCUT2D eigenvalue weighted by Crippen LogP contribution is 2.40. The predicted octanol–water partition coefficient (Wildman–Crippen LogP) is 3.95. The van der Waals surface area contributed by atoms with Crippen LogP contribution in [0.3, 0.4) is 0 Å². The Bertz CT molecular complexity index is 125. The summed E-state index contributed by atoms with van der Waals surface area (Å²) in [6, 6.07) is 0. The van der Waals surface area contributed by atoms with Gasteiger partial charge in [-0.2, -0.15) is 11.8 Å².